The van der Waals surface area contributed by atoms with Crippen molar-refractivity contribution in [1.29, 1.82) is 0 Å². The van der Waals surface area contributed by atoms with Crippen molar-refractivity contribution < 1.29 is 45.3 Å². The maximum Gasteiger partial charge on any atom is 0.416 e. The number of nitrogens with zero attached hydrogens (tertiary/aromatic N) is 2. The Kier molecular flexibility index (Phi) is 8.35. The molecule has 4 rings (SSSR count). The van der Waals surface area contributed by atoms with E-state index >= 15 is 0 Å². The van der Waals surface area contributed by atoms with E-state index in [0.717, 1.165) is 6.07 Å². The van der Waals surface area contributed by atoms with Crippen LogP contribution in [0.25, 0.3) is 0 Å². The zero-order valence-electron chi connectivity index (χ0n) is 22.3. The highest BCUT2D eigenvalue weighted by molar-refractivity contribution is 5.84. The van der Waals surface area contributed by atoms with E-state index in [0.29, 0.717) is 5.56 Å². The zero-order chi connectivity index (χ0) is 29.5. The number of aryl methyl sites for hydroxylation is 1. The average molecular weight is 577 g/mol. The summed E-state index contributed by atoms with van der Waals surface area (Å²) in [6.45, 7) is 6.41. The summed E-state index contributed by atoms with van der Waals surface area (Å²) in [5.74, 6) is -0.809. The van der Waals surface area contributed by atoms with Gasteiger partial charge in [0.25, 0.3) is 5.91 Å². The van der Waals surface area contributed by atoms with Crippen molar-refractivity contribution in [2.24, 2.45) is 0 Å². The third kappa shape index (κ3) is 6.03. The van der Waals surface area contributed by atoms with Crippen LogP contribution in [0.2, 0.25) is 0 Å². The third-order valence-electron chi connectivity index (χ3n) is 6.92. The summed E-state index contributed by atoms with van der Waals surface area (Å²) < 4.78 is 98.3. The molecule has 2 atom stereocenters. The molecule has 1 aromatic heterocycles. The van der Waals surface area contributed by atoms with Crippen LogP contribution in [0.4, 0.5) is 32.2 Å². The summed E-state index contributed by atoms with van der Waals surface area (Å²) >= 11 is 0. The van der Waals surface area contributed by atoms with E-state index in [1.807, 2.05) is 0 Å². The first-order chi connectivity index (χ1) is 18.7. The smallest absolute Gasteiger partial charge is 0.363 e. The number of ether oxygens (including phenoxy) is 3. The van der Waals surface area contributed by atoms with Crippen LogP contribution >= 0.6 is 0 Å². The minimum Gasteiger partial charge on any atom is -0.363 e. The average Bonchev–Trinajstić information content (AvgIpc) is 3.45. The molecule has 2 aliphatic rings. The van der Waals surface area contributed by atoms with Gasteiger partial charge >= 0.3 is 12.4 Å². The number of benzene rings is 1. The Hall–Kier alpha value is -2.97. The number of hydrogen-bond donors (Lipinski definition) is 2. The summed E-state index contributed by atoms with van der Waals surface area (Å²) in [5, 5.41) is 5.16. The third-order valence-corrected chi connectivity index (χ3v) is 6.92. The van der Waals surface area contributed by atoms with Crippen LogP contribution in [0.1, 0.15) is 78.9 Å². The highest BCUT2D eigenvalue weighted by Crippen LogP contribution is 2.49. The monoisotopic (exact) mass is 576 g/mol. The second-order valence-electron chi connectivity index (χ2n) is 9.78. The predicted octanol–water partition coefficient (Wildman–Crippen LogP) is 5.62. The molecule has 2 N–H and O–H groups in total. The SMILES string of the molecule is CCOC(C(=O)NC1(C(F)(F)F)CC1)c1nc(C)nc(N[C@H](C)c2cccc(C(F)(F)F)c2C)c1C1OCCO1. The molecule has 2 fully saturated rings. The molecule has 1 amide bonds. The minimum atomic E-state index is -4.65. The first kappa shape index (κ1) is 30.0. The topological polar surface area (TPSA) is 94.6 Å². The van der Waals surface area contributed by atoms with E-state index in [-0.39, 0.29) is 61.1 Å². The molecule has 1 aromatic carbocycles. The molecule has 2 heterocycles. The van der Waals surface area contributed by atoms with Crippen LogP contribution in [0.15, 0.2) is 18.2 Å². The molecule has 1 unspecified atom stereocenters. The fraction of sp³-hybridized carbons (Fsp3) is 0.577. The second kappa shape index (κ2) is 11.1. The highest BCUT2D eigenvalue weighted by Gasteiger charge is 2.64. The van der Waals surface area contributed by atoms with Crippen molar-refractivity contribution in [1.82, 2.24) is 15.3 Å². The van der Waals surface area contributed by atoms with Gasteiger partial charge in [-0.15, -0.1) is 0 Å². The summed E-state index contributed by atoms with van der Waals surface area (Å²) in [7, 11) is 0. The molecule has 0 bridgehead atoms. The van der Waals surface area contributed by atoms with Crippen molar-refractivity contribution in [2.45, 2.75) is 76.9 Å². The number of aromatic nitrogens is 2. The Bertz CT molecular complexity index is 1240. The summed E-state index contributed by atoms with van der Waals surface area (Å²) in [6, 6.07) is 3.11. The molecule has 220 valence electrons. The lowest BCUT2D eigenvalue weighted by Crippen LogP contribution is -2.50. The van der Waals surface area contributed by atoms with Crippen LogP contribution in [-0.4, -0.2) is 47.4 Å². The van der Waals surface area contributed by atoms with Gasteiger partial charge in [0.1, 0.15) is 17.2 Å². The van der Waals surface area contributed by atoms with E-state index in [1.165, 1.54) is 19.9 Å². The molecule has 2 aromatic rings. The number of hydrogen-bond acceptors (Lipinski definition) is 7. The fourth-order valence-corrected chi connectivity index (χ4v) is 4.73. The molecular formula is C26H30F6N4O4. The van der Waals surface area contributed by atoms with Gasteiger partial charge in [0.05, 0.1) is 36.1 Å². The molecule has 0 spiro atoms. The van der Waals surface area contributed by atoms with Crippen LogP contribution in [0, 0.1) is 13.8 Å². The number of carbonyl (C=O) groups is 1. The molecule has 14 heteroatoms. The van der Waals surface area contributed by atoms with Crippen molar-refractivity contribution in [3.63, 3.8) is 0 Å². The Morgan fingerprint density at radius 1 is 1.12 bits per heavy atom. The largest absolute Gasteiger partial charge is 0.416 e. The maximum absolute atomic E-state index is 13.6. The van der Waals surface area contributed by atoms with Gasteiger partial charge in [-0.05, 0) is 57.7 Å². The number of amides is 1. The number of rotatable bonds is 9. The molecule has 1 aliphatic heterocycles. The van der Waals surface area contributed by atoms with Gasteiger partial charge in [-0.3, -0.25) is 4.79 Å². The zero-order valence-corrected chi connectivity index (χ0v) is 22.3. The van der Waals surface area contributed by atoms with Gasteiger partial charge in [0.2, 0.25) is 0 Å². The van der Waals surface area contributed by atoms with E-state index in [9.17, 15) is 31.1 Å². The number of carbonyl (C=O) groups excluding carboxylic acids is 1. The first-order valence-corrected chi connectivity index (χ1v) is 12.7. The van der Waals surface area contributed by atoms with Gasteiger partial charge in [-0.2, -0.15) is 26.3 Å². The minimum absolute atomic E-state index is 0.0179. The van der Waals surface area contributed by atoms with Crippen LogP contribution < -0.4 is 10.6 Å². The predicted molar refractivity (Wildman–Crippen MR) is 130 cm³/mol. The number of anilines is 1. The molecule has 1 aliphatic carbocycles. The summed E-state index contributed by atoms with van der Waals surface area (Å²) in [5.41, 5.74) is -2.71. The summed E-state index contributed by atoms with van der Waals surface area (Å²) in [4.78, 5) is 22.0. The lowest BCUT2D eigenvalue weighted by Gasteiger charge is -2.28. The van der Waals surface area contributed by atoms with E-state index in [4.69, 9.17) is 14.2 Å². The Balaban J connectivity index is 1.76. The van der Waals surface area contributed by atoms with Crippen molar-refractivity contribution in [2.75, 3.05) is 25.1 Å². The van der Waals surface area contributed by atoms with Gasteiger partial charge < -0.3 is 24.8 Å². The van der Waals surface area contributed by atoms with Gasteiger partial charge in [0.15, 0.2) is 12.4 Å². The quantitative estimate of drug-likeness (QED) is 0.375. The first-order valence-electron chi connectivity index (χ1n) is 12.7. The lowest BCUT2D eigenvalue weighted by atomic mass is 9.97. The number of alkyl halides is 6. The normalized spacial score (nSPS) is 18.9. The van der Waals surface area contributed by atoms with E-state index in [2.05, 4.69) is 20.6 Å². The second-order valence-corrected chi connectivity index (χ2v) is 9.78. The van der Waals surface area contributed by atoms with Crippen LogP contribution in [-0.2, 0) is 25.2 Å². The van der Waals surface area contributed by atoms with Gasteiger partial charge in [-0.1, -0.05) is 12.1 Å². The molecular weight excluding hydrogens is 546 g/mol. The molecule has 8 nitrogen and oxygen atoms in total. The van der Waals surface area contributed by atoms with Crippen LogP contribution in [0.5, 0.6) is 0 Å². The van der Waals surface area contributed by atoms with Crippen molar-refractivity contribution >= 4 is 11.7 Å². The number of nitrogens with one attached hydrogen (secondary N) is 2. The highest BCUT2D eigenvalue weighted by atomic mass is 19.4. The molecule has 0 radical (unpaired) electrons. The fourth-order valence-electron chi connectivity index (χ4n) is 4.73. The lowest BCUT2D eigenvalue weighted by molar-refractivity contribution is -0.173. The Labute approximate surface area is 226 Å². The standard InChI is InChI=1S/C26H30F6N4O4/c1-5-38-20(22(37)36-24(9-10-24)26(30,31)32)19-18(23-39-11-12-40-23)21(35-15(4)34-19)33-14(3)16-7-6-8-17(13(16)2)25(27,28)29/h6-8,14,20,23H,5,9-12H2,1-4H3,(H,36,37)(H,33,34,35)/t14-,20?/m1/s1. The maximum atomic E-state index is 13.6. The molecule has 1 saturated heterocycles. The molecule has 1 saturated carbocycles. The van der Waals surface area contributed by atoms with Gasteiger partial charge in [0, 0.05) is 6.61 Å². The summed E-state index contributed by atoms with van der Waals surface area (Å²) in [6.07, 6.45) is -12.4. The molecule has 40 heavy (non-hydrogen) atoms. The van der Waals surface area contributed by atoms with Gasteiger partial charge in [-0.25, -0.2) is 9.97 Å². The van der Waals surface area contributed by atoms with Crippen molar-refractivity contribution in [3.05, 3.63) is 52.0 Å². The number of halogens is 6. The van der Waals surface area contributed by atoms with E-state index < -0.39 is 47.8 Å². The Morgan fingerprint density at radius 3 is 2.33 bits per heavy atom. The Morgan fingerprint density at radius 2 is 1.77 bits per heavy atom. The van der Waals surface area contributed by atoms with E-state index in [1.54, 1.807) is 19.9 Å². The van der Waals surface area contributed by atoms with Crippen molar-refractivity contribution in [3.8, 4) is 0 Å². The van der Waals surface area contributed by atoms with Crippen LogP contribution in [0.3, 0.4) is 0 Å².